The van der Waals surface area contributed by atoms with Crippen LogP contribution in [0.1, 0.15) is 0 Å². The van der Waals surface area contributed by atoms with E-state index in [9.17, 15) is 4.79 Å². The van der Waals surface area contributed by atoms with Gasteiger partial charge in [-0.1, -0.05) is 28.7 Å². The number of hydrogen-bond donors (Lipinski definition) is 0. The molecule has 0 atom stereocenters. The molecule has 2 nitrogen and oxygen atoms in total. The van der Waals surface area contributed by atoms with Crippen LogP contribution in [0.2, 0.25) is 0 Å². The van der Waals surface area contributed by atoms with Crippen LogP contribution in [-0.2, 0) is 9.53 Å². The van der Waals surface area contributed by atoms with E-state index in [4.69, 9.17) is 0 Å². The highest BCUT2D eigenvalue weighted by Gasteiger charge is 1.86. The molecular formula is C5H7IO2. The number of rotatable bonds is 2. The molecule has 3 heteroatoms. The molecule has 0 spiro atoms. The van der Waals surface area contributed by atoms with Gasteiger partial charge in [-0.2, -0.15) is 0 Å². The molecule has 0 radical (unpaired) electrons. The van der Waals surface area contributed by atoms with E-state index in [1.54, 1.807) is 6.08 Å². The van der Waals surface area contributed by atoms with E-state index in [-0.39, 0.29) is 5.97 Å². The molecule has 0 aliphatic heterocycles. The van der Waals surface area contributed by atoms with Gasteiger partial charge < -0.3 is 4.74 Å². The Labute approximate surface area is 62.0 Å². The number of alkyl halides is 1. The summed E-state index contributed by atoms with van der Waals surface area (Å²) in [5.74, 6) is -0.290. The second-order valence-corrected chi connectivity index (χ2v) is 1.96. The van der Waals surface area contributed by atoms with Crippen LogP contribution in [0.5, 0.6) is 0 Å². The highest BCUT2D eigenvalue weighted by Crippen LogP contribution is 1.83. The van der Waals surface area contributed by atoms with Crippen molar-refractivity contribution in [2.45, 2.75) is 0 Å². The van der Waals surface area contributed by atoms with E-state index in [1.165, 1.54) is 13.2 Å². The Morgan fingerprint density at radius 2 is 2.50 bits per heavy atom. The van der Waals surface area contributed by atoms with E-state index in [1.807, 2.05) is 0 Å². The maximum absolute atomic E-state index is 10.3. The second-order valence-electron chi connectivity index (χ2n) is 1.08. The quantitative estimate of drug-likeness (QED) is 0.305. The summed E-state index contributed by atoms with van der Waals surface area (Å²) in [4.78, 5) is 10.3. The van der Waals surface area contributed by atoms with Crippen LogP contribution in [0.3, 0.4) is 0 Å². The van der Waals surface area contributed by atoms with E-state index in [2.05, 4.69) is 27.3 Å². The Morgan fingerprint density at radius 3 is 2.88 bits per heavy atom. The molecule has 0 saturated heterocycles. The maximum Gasteiger partial charge on any atom is 0.330 e. The molecule has 46 valence electrons. The van der Waals surface area contributed by atoms with E-state index >= 15 is 0 Å². The molecular weight excluding hydrogens is 219 g/mol. The fourth-order valence-electron chi connectivity index (χ4n) is 0.209. The Kier molecular flexibility index (Phi) is 5.05. The van der Waals surface area contributed by atoms with Crippen molar-refractivity contribution in [3.8, 4) is 0 Å². The number of carbonyl (C=O) groups is 1. The first-order chi connectivity index (χ1) is 3.81. The molecule has 0 aromatic carbocycles. The van der Waals surface area contributed by atoms with Gasteiger partial charge in [-0.25, -0.2) is 4.79 Å². The average Bonchev–Trinajstić information content (AvgIpc) is 1.83. The lowest BCUT2D eigenvalue weighted by Crippen LogP contribution is -1.93. The molecule has 0 aliphatic carbocycles. The summed E-state index contributed by atoms with van der Waals surface area (Å²) in [6.07, 6.45) is 3.15. The highest BCUT2D eigenvalue weighted by atomic mass is 127. The summed E-state index contributed by atoms with van der Waals surface area (Å²) in [6.45, 7) is 0. The minimum Gasteiger partial charge on any atom is -0.466 e. The van der Waals surface area contributed by atoms with Gasteiger partial charge in [-0.3, -0.25) is 0 Å². The van der Waals surface area contributed by atoms with Crippen molar-refractivity contribution in [1.82, 2.24) is 0 Å². The fourth-order valence-corrected chi connectivity index (χ4v) is 0.463. The Morgan fingerprint density at radius 1 is 1.88 bits per heavy atom. The first-order valence-corrected chi connectivity index (χ1v) is 3.64. The summed E-state index contributed by atoms with van der Waals surface area (Å²) in [7, 11) is 1.36. The molecule has 0 amide bonds. The second kappa shape index (κ2) is 5.08. The third-order valence-electron chi connectivity index (χ3n) is 0.544. The number of esters is 1. The van der Waals surface area contributed by atoms with Crippen LogP contribution < -0.4 is 0 Å². The average molecular weight is 226 g/mol. The van der Waals surface area contributed by atoms with Gasteiger partial charge in [0.1, 0.15) is 0 Å². The van der Waals surface area contributed by atoms with Crippen molar-refractivity contribution < 1.29 is 9.53 Å². The Bertz CT molecular complexity index is 98.6. The smallest absolute Gasteiger partial charge is 0.330 e. The molecule has 0 aromatic rings. The lowest BCUT2D eigenvalue weighted by molar-refractivity contribution is -0.134. The van der Waals surface area contributed by atoms with Crippen molar-refractivity contribution in [1.29, 1.82) is 0 Å². The number of ether oxygens (including phenoxy) is 1. The van der Waals surface area contributed by atoms with Crippen LogP contribution in [0.15, 0.2) is 12.2 Å². The third-order valence-corrected chi connectivity index (χ3v) is 1.05. The molecule has 0 unspecified atom stereocenters. The predicted molar refractivity (Wildman–Crippen MR) is 40.0 cm³/mol. The SMILES string of the molecule is COC(=O)/C=C/CI. The molecule has 0 aliphatic rings. The Balaban J connectivity index is 3.37. The molecule has 8 heavy (non-hydrogen) atoms. The zero-order valence-electron chi connectivity index (χ0n) is 4.56. The van der Waals surface area contributed by atoms with Crippen LogP contribution in [0, 0.1) is 0 Å². The lowest BCUT2D eigenvalue weighted by Gasteiger charge is -1.85. The van der Waals surface area contributed by atoms with Gasteiger partial charge in [0, 0.05) is 10.5 Å². The number of halogens is 1. The van der Waals surface area contributed by atoms with E-state index in [0.717, 1.165) is 4.43 Å². The van der Waals surface area contributed by atoms with Crippen molar-refractivity contribution in [2.24, 2.45) is 0 Å². The van der Waals surface area contributed by atoms with Crippen LogP contribution in [0.4, 0.5) is 0 Å². The number of allylic oxidation sites excluding steroid dienone is 1. The summed E-state index contributed by atoms with van der Waals surface area (Å²) >= 11 is 2.14. The summed E-state index contributed by atoms with van der Waals surface area (Å²) in [5.41, 5.74) is 0. The number of carbonyl (C=O) groups excluding carboxylic acids is 1. The monoisotopic (exact) mass is 226 g/mol. The zero-order chi connectivity index (χ0) is 6.41. The molecule has 0 bridgehead atoms. The van der Waals surface area contributed by atoms with Gasteiger partial charge in [-0.15, -0.1) is 0 Å². The van der Waals surface area contributed by atoms with Crippen LogP contribution >= 0.6 is 22.6 Å². The Hall–Kier alpha value is -0.0600. The summed E-state index contributed by atoms with van der Waals surface area (Å²) in [5, 5.41) is 0. The summed E-state index contributed by atoms with van der Waals surface area (Å²) < 4.78 is 5.16. The maximum atomic E-state index is 10.3. The van der Waals surface area contributed by atoms with Gasteiger partial charge in [0.2, 0.25) is 0 Å². The summed E-state index contributed by atoms with van der Waals surface area (Å²) in [6, 6.07) is 0. The van der Waals surface area contributed by atoms with Crippen molar-refractivity contribution in [2.75, 3.05) is 11.5 Å². The van der Waals surface area contributed by atoms with E-state index < -0.39 is 0 Å². The van der Waals surface area contributed by atoms with Gasteiger partial charge in [0.15, 0.2) is 0 Å². The third kappa shape index (κ3) is 4.11. The fraction of sp³-hybridized carbons (Fsp3) is 0.400. The van der Waals surface area contributed by atoms with Crippen LogP contribution in [0.25, 0.3) is 0 Å². The minimum absolute atomic E-state index is 0.290. The minimum atomic E-state index is -0.290. The van der Waals surface area contributed by atoms with Gasteiger partial charge >= 0.3 is 5.97 Å². The first kappa shape index (κ1) is 7.94. The molecule has 0 saturated carbocycles. The first-order valence-electron chi connectivity index (χ1n) is 2.11. The van der Waals surface area contributed by atoms with Crippen molar-refractivity contribution in [3.63, 3.8) is 0 Å². The molecule has 0 fully saturated rings. The van der Waals surface area contributed by atoms with Crippen molar-refractivity contribution in [3.05, 3.63) is 12.2 Å². The largest absolute Gasteiger partial charge is 0.466 e. The van der Waals surface area contributed by atoms with Gasteiger partial charge in [0.05, 0.1) is 7.11 Å². The number of hydrogen-bond acceptors (Lipinski definition) is 2. The van der Waals surface area contributed by atoms with Crippen LogP contribution in [-0.4, -0.2) is 17.5 Å². The highest BCUT2D eigenvalue weighted by molar-refractivity contribution is 14.1. The molecule has 0 aromatic heterocycles. The topological polar surface area (TPSA) is 26.3 Å². The van der Waals surface area contributed by atoms with Gasteiger partial charge in [0.25, 0.3) is 0 Å². The predicted octanol–water partition coefficient (Wildman–Crippen LogP) is 1.15. The molecule has 0 rings (SSSR count). The lowest BCUT2D eigenvalue weighted by atomic mass is 10.5. The van der Waals surface area contributed by atoms with Crippen molar-refractivity contribution >= 4 is 28.6 Å². The van der Waals surface area contributed by atoms with Gasteiger partial charge in [-0.05, 0) is 0 Å². The molecule has 0 N–H and O–H groups in total. The van der Waals surface area contributed by atoms with E-state index in [0.29, 0.717) is 0 Å². The normalized spacial score (nSPS) is 9.75. The standard InChI is InChI=1S/C5H7IO2/c1-8-5(7)3-2-4-6/h2-3H,4H2,1H3/b3-2+. The number of methoxy groups -OCH3 is 1. The zero-order valence-corrected chi connectivity index (χ0v) is 6.71. The molecule has 0 heterocycles.